The normalized spacial score (nSPS) is 19.0. The molecular weight excluding hydrogens is 471 g/mol. The number of benzene rings is 2. The van der Waals surface area contributed by atoms with Crippen molar-refractivity contribution >= 4 is 22.7 Å². The van der Waals surface area contributed by atoms with Gasteiger partial charge in [0.2, 0.25) is 5.91 Å². The molecule has 1 saturated heterocycles. The van der Waals surface area contributed by atoms with Crippen LogP contribution < -0.4 is 10.6 Å². The minimum atomic E-state index is -0.794. The van der Waals surface area contributed by atoms with E-state index < -0.39 is 23.2 Å². The van der Waals surface area contributed by atoms with Crippen molar-refractivity contribution in [3.8, 4) is 0 Å². The van der Waals surface area contributed by atoms with Crippen molar-refractivity contribution in [3.63, 3.8) is 0 Å². The number of aryl methyl sites for hydroxylation is 1. The molecule has 2 atom stereocenters. The number of fused-ring (bicyclic) bond motifs is 2. The molecule has 1 unspecified atom stereocenters. The Morgan fingerprint density at radius 3 is 2.62 bits per heavy atom. The zero-order valence-electron chi connectivity index (χ0n) is 21.7. The number of carbonyl (C=O) groups excluding carboxylic acids is 2. The Balaban J connectivity index is 1.39. The van der Waals surface area contributed by atoms with Crippen LogP contribution >= 0.6 is 0 Å². The molecule has 2 amide bonds. The number of ether oxygens (including phenoxy) is 1. The monoisotopic (exact) mass is 506 g/mol. The van der Waals surface area contributed by atoms with Crippen molar-refractivity contribution in [2.24, 2.45) is 11.3 Å². The van der Waals surface area contributed by atoms with Gasteiger partial charge in [-0.2, -0.15) is 5.10 Å². The Morgan fingerprint density at radius 1 is 1.11 bits per heavy atom. The van der Waals surface area contributed by atoms with Crippen molar-refractivity contribution in [2.45, 2.75) is 65.1 Å². The highest BCUT2D eigenvalue weighted by Gasteiger charge is 2.36. The first-order valence-corrected chi connectivity index (χ1v) is 13.1. The van der Waals surface area contributed by atoms with E-state index in [0.29, 0.717) is 36.6 Å². The Hall–Kier alpha value is -3.26. The molecular formula is C29H35FN4O3. The Kier molecular flexibility index (Phi) is 7.03. The van der Waals surface area contributed by atoms with Crippen molar-refractivity contribution in [2.75, 3.05) is 13.2 Å². The molecule has 37 heavy (non-hydrogen) atoms. The molecule has 2 N–H and O–H groups in total. The fourth-order valence-electron chi connectivity index (χ4n) is 5.50. The second-order valence-electron chi connectivity index (χ2n) is 11.3. The number of aromatic nitrogens is 2. The van der Waals surface area contributed by atoms with Crippen LogP contribution in [-0.2, 0) is 22.5 Å². The maximum absolute atomic E-state index is 14.9. The Bertz CT molecular complexity index is 1310. The number of halogens is 1. The molecule has 2 heterocycles. The molecule has 0 bridgehead atoms. The number of nitrogens with zero attached hydrogens (tertiary/aromatic N) is 2. The van der Waals surface area contributed by atoms with E-state index in [0.717, 1.165) is 31.2 Å². The van der Waals surface area contributed by atoms with E-state index in [1.54, 1.807) is 16.8 Å². The molecule has 2 aromatic carbocycles. The molecule has 5 rings (SSSR count). The standard InChI is InChI=1S/C29H35FN4O3/c1-29(2,3)26(28(36)31-23-12-11-19-7-4-5-8-20(19)23)32-27(35)24-21-9-6-10-22(30)25(21)34(33-24)17-18-13-15-37-16-14-18/h4-10,18,23,26H,11-17H2,1-3H3,(H,31,36)(H,32,35)/t23-,26?/m1/s1. The van der Waals surface area contributed by atoms with E-state index >= 15 is 0 Å². The summed E-state index contributed by atoms with van der Waals surface area (Å²) >= 11 is 0. The van der Waals surface area contributed by atoms with Crippen LogP contribution in [0.4, 0.5) is 4.39 Å². The average molecular weight is 507 g/mol. The van der Waals surface area contributed by atoms with Crippen LogP contribution in [0.2, 0.25) is 0 Å². The summed E-state index contributed by atoms with van der Waals surface area (Å²) in [5.41, 5.74) is 2.27. The number of amides is 2. The van der Waals surface area contributed by atoms with Crippen LogP contribution in [0.3, 0.4) is 0 Å². The van der Waals surface area contributed by atoms with Gasteiger partial charge >= 0.3 is 0 Å². The highest BCUT2D eigenvalue weighted by molar-refractivity contribution is 6.06. The summed E-state index contributed by atoms with van der Waals surface area (Å²) in [6.07, 6.45) is 3.48. The zero-order chi connectivity index (χ0) is 26.2. The molecule has 196 valence electrons. The third-order valence-electron chi connectivity index (χ3n) is 7.56. The molecule has 0 spiro atoms. The van der Waals surface area contributed by atoms with Crippen molar-refractivity contribution in [3.05, 3.63) is 65.1 Å². The first-order valence-electron chi connectivity index (χ1n) is 13.1. The number of rotatable bonds is 6. The van der Waals surface area contributed by atoms with Gasteiger partial charge in [-0.25, -0.2) is 4.39 Å². The average Bonchev–Trinajstić information content (AvgIpc) is 3.45. The van der Waals surface area contributed by atoms with Crippen molar-refractivity contribution < 1.29 is 18.7 Å². The molecule has 3 aromatic rings. The van der Waals surface area contributed by atoms with Gasteiger partial charge in [0, 0.05) is 25.1 Å². The lowest BCUT2D eigenvalue weighted by atomic mass is 9.85. The molecule has 8 heteroatoms. The molecule has 0 saturated carbocycles. The third-order valence-corrected chi connectivity index (χ3v) is 7.56. The van der Waals surface area contributed by atoms with Gasteiger partial charge in [0.25, 0.3) is 5.91 Å². The van der Waals surface area contributed by atoms with Gasteiger partial charge in [0.1, 0.15) is 17.4 Å². The summed E-state index contributed by atoms with van der Waals surface area (Å²) in [6, 6.07) is 11.9. The first-order chi connectivity index (χ1) is 17.7. The van der Waals surface area contributed by atoms with Gasteiger partial charge in [-0.15, -0.1) is 0 Å². The van der Waals surface area contributed by atoms with Crippen LogP contribution in [0.25, 0.3) is 10.9 Å². The minimum Gasteiger partial charge on any atom is -0.381 e. The second kappa shape index (κ2) is 10.2. The second-order valence-corrected chi connectivity index (χ2v) is 11.3. The summed E-state index contributed by atoms with van der Waals surface area (Å²) < 4.78 is 22.0. The predicted octanol–water partition coefficient (Wildman–Crippen LogP) is 4.55. The third kappa shape index (κ3) is 5.25. The molecule has 7 nitrogen and oxygen atoms in total. The number of nitrogens with one attached hydrogen (secondary N) is 2. The van der Waals surface area contributed by atoms with Gasteiger partial charge in [-0.05, 0) is 54.2 Å². The lowest BCUT2D eigenvalue weighted by molar-refractivity contribution is -0.126. The maximum atomic E-state index is 14.9. The van der Waals surface area contributed by atoms with Crippen LogP contribution in [0.5, 0.6) is 0 Å². The Labute approximate surface area is 216 Å². The van der Waals surface area contributed by atoms with Crippen molar-refractivity contribution in [1.29, 1.82) is 0 Å². The summed E-state index contributed by atoms with van der Waals surface area (Å²) in [7, 11) is 0. The minimum absolute atomic E-state index is 0.0842. The van der Waals surface area contributed by atoms with Crippen molar-refractivity contribution in [1.82, 2.24) is 20.4 Å². The smallest absolute Gasteiger partial charge is 0.273 e. The highest BCUT2D eigenvalue weighted by Crippen LogP contribution is 2.32. The van der Waals surface area contributed by atoms with Gasteiger partial charge in [0.05, 0.1) is 6.04 Å². The molecule has 2 aliphatic rings. The molecule has 1 aromatic heterocycles. The van der Waals surface area contributed by atoms with Gasteiger partial charge in [-0.3, -0.25) is 14.3 Å². The lowest BCUT2D eigenvalue weighted by Crippen LogP contribution is -2.54. The molecule has 1 aliphatic heterocycles. The van der Waals surface area contributed by atoms with E-state index in [2.05, 4.69) is 21.8 Å². The maximum Gasteiger partial charge on any atom is 0.273 e. The first kappa shape index (κ1) is 25.4. The molecule has 1 fully saturated rings. The lowest BCUT2D eigenvalue weighted by Gasteiger charge is -2.31. The Morgan fingerprint density at radius 2 is 1.86 bits per heavy atom. The van der Waals surface area contributed by atoms with E-state index in [9.17, 15) is 14.0 Å². The number of carbonyl (C=O) groups is 2. The summed E-state index contributed by atoms with van der Waals surface area (Å²) in [5, 5.41) is 11.1. The number of hydrogen-bond acceptors (Lipinski definition) is 4. The van der Waals surface area contributed by atoms with Crippen LogP contribution in [0.1, 0.15) is 67.7 Å². The molecule has 1 aliphatic carbocycles. The van der Waals surface area contributed by atoms with E-state index in [1.807, 2.05) is 39.0 Å². The van der Waals surface area contributed by atoms with Crippen LogP contribution in [0, 0.1) is 17.2 Å². The van der Waals surface area contributed by atoms with Crippen LogP contribution in [0.15, 0.2) is 42.5 Å². The van der Waals surface area contributed by atoms with Crippen LogP contribution in [-0.4, -0.2) is 40.9 Å². The summed E-state index contributed by atoms with van der Waals surface area (Å²) in [6.45, 7) is 7.62. The van der Waals surface area contributed by atoms with Gasteiger partial charge in [-0.1, -0.05) is 57.2 Å². The number of para-hydroxylation sites is 1. The van der Waals surface area contributed by atoms with E-state index in [1.165, 1.54) is 11.6 Å². The number of hydrogen-bond donors (Lipinski definition) is 2. The van der Waals surface area contributed by atoms with Gasteiger partial charge < -0.3 is 15.4 Å². The topological polar surface area (TPSA) is 85.2 Å². The zero-order valence-corrected chi connectivity index (χ0v) is 21.7. The van der Waals surface area contributed by atoms with E-state index in [-0.39, 0.29) is 17.6 Å². The van der Waals surface area contributed by atoms with Gasteiger partial charge in [0.15, 0.2) is 5.69 Å². The predicted molar refractivity (Wildman–Crippen MR) is 140 cm³/mol. The van der Waals surface area contributed by atoms with E-state index in [4.69, 9.17) is 4.74 Å². The fourth-order valence-corrected chi connectivity index (χ4v) is 5.50. The summed E-state index contributed by atoms with van der Waals surface area (Å²) in [5.74, 6) is -0.834. The highest BCUT2D eigenvalue weighted by atomic mass is 19.1. The quantitative estimate of drug-likeness (QED) is 0.514. The summed E-state index contributed by atoms with van der Waals surface area (Å²) in [4.78, 5) is 27.0. The fraction of sp³-hybridized carbons (Fsp3) is 0.483. The SMILES string of the molecule is CC(C)(C)C(NC(=O)c1nn(CC2CCOCC2)c2c(F)cccc12)C(=O)N[C@@H]1CCc2ccccc21. The largest absolute Gasteiger partial charge is 0.381 e. The molecule has 0 radical (unpaired) electrons.